The van der Waals surface area contributed by atoms with Crippen LogP contribution in [0.4, 0.5) is 0 Å². The molecule has 2 N–H and O–H groups in total. The van der Waals surface area contributed by atoms with Crippen LogP contribution in [-0.2, 0) is 4.79 Å². The predicted molar refractivity (Wildman–Crippen MR) is 134 cm³/mol. The molecule has 0 saturated heterocycles. The molecule has 0 spiro atoms. The van der Waals surface area contributed by atoms with Crippen molar-refractivity contribution in [2.45, 2.75) is 37.1 Å². The van der Waals surface area contributed by atoms with Crippen molar-refractivity contribution in [3.63, 3.8) is 0 Å². The summed E-state index contributed by atoms with van der Waals surface area (Å²) in [7, 11) is 0. The van der Waals surface area contributed by atoms with Gasteiger partial charge in [0, 0.05) is 36.1 Å². The average Bonchev–Trinajstić information content (AvgIpc) is 3.70. The van der Waals surface area contributed by atoms with Crippen molar-refractivity contribution in [3.8, 4) is 0 Å². The Labute approximate surface area is 200 Å². The number of benzene rings is 3. The largest absolute Gasteiger partial charge is 0.352 e. The Hall–Kier alpha value is -3.66. The maximum atomic E-state index is 12.6. The van der Waals surface area contributed by atoms with Crippen LogP contribution in [0.3, 0.4) is 0 Å². The quantitative estimate of drug-likeness (QED) is 0.521. The van der Waals surface area contributed by atoms with Gasteiger partial charge in [-0.2, -0.15) is 0 Å². The minimum absolute atomic E-state index is 0.0271. The summed E-state index contributed by atoms with van der Waals surface area (Å²) in [5.74, 6) is 1.01. The van der Waals surface area contributed by atoms with Gasteiger partial charge >= 0.3 is 0 Å². The van der Waals surface area contributed by atoms with Crippen LogP contribution >= 0.6 is 0 Å². The number of nitrogens with one attached hydrogen (secondary N) is 2. The number of hydrogen-bond acceptors (Lipinski definition) is 2. The van der Waals surface area contributed by atoms with Crippen LogP contribution in [0.5, 0.6) is 0 Å². The zero-order chi connectivity index (χ0) is 23.1. The van der Waals surface area contributed by atoms with E-state index in [9.17, 15) is 9.59 Å². The van der Waals surface area contributed by atoms with Crippen molar-refractivity contribution < 1.29 is 9.59 Å². The Kier molecular flexibility index (Phi) is 5.29. The Morgan fingerprint density at radius 1 is 0.824 bits per heavy atom. The smallest absolute Gasteiger partial charge is 0.251 e. The van der Waals surface area contributed by atoms with E-state index in [-0.39, 0.29) is 11.8 Å². The molecule has 0 aromatic heterocycles. The molecule has 4 nitrogen and oxygen atoms in total. The molecule has 170 valence electrons. The van der Waals surface area contributed by atoms with Crippen LogP contribution in [0.15, 0.2) is 78.9 Å². The molecule has 4 aliphatic carbocycles. The summed E-state index contributed by atoms with van der Waals surface area (Å²) in [5.41, 5.74) is 7.28. The fourth-order valence-corrected chi connectivity index (χ4v) is 5.66. The maximum Gasteiger partial charge on any atom is 0.251 e. The number of fused-ring (bicyclic) bond motifs is 1. The van der Waals surface area contributed by atoms with Gasteiger partial charge in [-0.25, -0.2) is 0 Å². The SMILES string of the molecule is O=C(/C=C/c1ccc(C(=O)NC2CC2)cc1)NCC1CC2c3ccccc3C1c1ccccc12. The first-order valence-electron chi connectivity index (χ1n) is 12.2. The minimum Gasteiger partial charge on any atom is -0.352 e. The van der Waals surface area contributed by atoms with E-state index in [1.807, 2.05) is 24.3 Å². The van der Waals surface area contributed by atoms with E-state index in [0.717, 1.165) is 24.8 Å². The Morgan fingerprint density at radius 2 is 1.44 bits per heavy atom. The number of amides is 2. The van der Waals surface area contributed by atoms with Crippen LogP contribution in [0.25, 0.3) is 6.08 Å². The second-order valence-electron chi connectivity index (χ2n) is 9.73. The number of carbonyl (C=O) groups excluding carboxylic acids is 2. The van der Waals surface area contributed by atoms with Gasteiger partial charge in [0.1, 0.15) is 0 Å². The van der Waals surface area contributed by atoms with Gasteiger partial charge in [0.2, 0.25) is 5.91 Å². The van der Waals surface area contributed by atoms with E-state index >= 15 is 0 Å². The van der Waals surface area contributed by atoms with E-state index in [0.29, 0.717) is 35.9 Å². The highest BCUT2D eigenvalue weighted by atomic mass is 16.2. The number of carbonyl (C=O) groups is 2. The van der Waals surface area contributed by atoms with Crippen LogP contribution in [0, 0.1) is 5.92 Å². The topological polar surface area (TPSA) is 58.2 Å². The molecular formula is C30H28N2O2. The number of hydrogen-bond donors (Lipinski definition) is 2. The summed E-state index contributed by atoms with van der Waals surface area (Å²) in [4.78, 5) is 24.7. The first-order chi connectivity index (χ1) is 16.7. The molecule has 1 fully saturated rings. The standard InChI is InChI=1S/C30H28N2O2/c33-28(16-11-19-9-12-20(13-10-19)30(34)32-22-14-15-22)31-18-21-17-27-23-5-1-3-7-25(23)29(21)26-8-4-2-6-24(26)27/h1-13,16,21-22,27,29H,14-15,17-18H2,(H,31,33)(H,32,34)/b16-11+. The van der Waals surface area contributed by atoms with E-state index in [4.69, 9.17) is 0 Å². The van der Waals surface area contributed by atoms with Gasteiger partial charge in [0.05, 0.1) is 0 Å². The highest BCUT2D eigenvalue weighted by Gasteiger charge is 2.42. The van der Waals surface area contributed by atoms with Gasteiger partial charge in [-0.05, 0) is 71.2 Å². The van der Waals surface area contributed by atoms with Gasteiger partial charge in [0.15, 0.2) is 0 Å². The third-order valence-corrected chi connectivity index (χ3v) is 7.47. The molecule has 34 heavy (non-hydrogen) atoms. The van der Waals surface area contributed by atoms with Crippen molar-refractivity contribution in [3.05, 3.63) is 112 Å². The highest BCUT2D eigenvalue weighted by Crippen LogP contribution is 2.55. The van der Waals surface area contributed by atoms with E-state index in [1.54, 1.807) is 12.2 Å². The third kappa shape index (κ3) is 3.94. The Balaban J connectivity index is 1.10. The molecule has 0 aliphatic heterocycles. The molecule has 1 saturated carbocycles. The van der Waals surface area contributed by atoms with E-state index in [2.05, 4.69) is 59.2 Å². The van der Waals surface area contributed by atoms with Crippen molar-refractivity contribution >= 4 is 17.9 Å². The zero-order valence-electron chi connectivity index (χ0n) is 19.0. The van der Waals surface area contributed by atoms with E-state index in [1.165, 1.54) is 22.3 Å². The molecule has 1 atom stereocenters. The molecule has 1 unspecified atom stereocenters. The third-order valence-electron chi connectivity index (χ3n) is 7.47. The lowest BCUT2D eigenvalue weighted by Crippen LogP contribution is -2.38. The normalized spacial score (nSPS) is 22.2. The molecule has 4 heteroatoms. The van der Waals surface area contributed by atoms with Crippen molar-refractivity contribution in [2.24, 2.45) is 5.92 Å². The zero-order valence-corrected chi connectivity index (χ0v) is 19.0. The molecule has 7 rings (SSSR count). The maximum absolute atomic E-state index is 12.6. The highest BCUT2D eigenvalue weighted by molar-refractivity contribution is 5.95. The van der Waals surface area contributed by atoms with Gasteiger partial charge in [-0.3, -0.25) is 9.59 Å². The van der Waals surface area contributed by atoms with Gasteiger partial charge in [0.25, 0.3) is 5.91 Å². The van der Waals surface area contributed by atoms with Crippen molar-refractivity contribution in [2.75, 3.05) is 6.54 Å². The predicted octanol–water partition coefficient (Wildman–Crippen LogP) is 5.01. The second kappa shape index (κ2) is 8.60. The van der Waals surface area contributed by atoms with Gasteiger partial charge < -0.3 is 10.6 Å². The summed E-state index contributed by atoms with van der Waals surface area (Å²) in [6.45, 7) is 0.660. The number of rotatable bonds is 6. The summed E-state index contributed by atoms with van der Waals surface area (Å²) in [6, 6.07) is 25.3. The molecule has 0 radical (unpaired) electrons. The summed E-state index contributed by atoms with van der Waals surface area (Å²) in [6.07, 6.45) is 6.59. The molecule has 4 aliphatic rings. The molecule has 3 aromatic rings. The van der Waals surface area contributed by atoms with Crippen LogP contribution in [0.1, 0.15) is 69.3 Å². The van der Waals surface area contributed by atoms with Crippen LogP contribution < -0.4 is 10.6 Å². The van der Waals surface area contributed by atoms with E-state index < -0.39 is 0 Å². The van der Waals surface area contributed by atoms with Gasteiger partial charge in [-0.1, -0.05) is 60.7 Å². The molecule has 3 aromatic carbocycles. The fraction of sp³-hybridized carbons (Fsp3) is 0.267. The molecular weight excluding hydrogens is 420 g/mol. The molecule has 2 amide bonds. The summed E-state index contributed by atoms with van der Waals surface area (Å²) in [5, 5.41) is 6.13. The lowest BCUT2D eigenvalue weighted by Gasteiger charge is -2.45. The van der Waals surface area contributed by atoms with Crippen LogP contribution in [0.2, 0.25) is 0 Å². The van der Waals surface area contributed by atoms with Crippen molar-refractivity contribution in [1.82, 2.24) is 10.6 Å². The van der Waals surface area contributed by atoms with Crippen molar-refractivity contribution in [1.29, 1.82) is 0 Å². The second-order valence-corrected chi connectivity index (χ2v) is 9.73. The minimum atomic E-state index is -0.0847. The molecule has 2 bridgehead atoms. The first-order valence-corrected chi connectivity index (χ1v) is 12.2. The average molecular weight is 449 g/mol. The summed E-state index contributed by atoms with van der Waals surface area (Å²) < 4.78 is 0. The Bertz CT molecular complexity index is 1230. The Morgan fingerprint density at radius 3 is 2.06 bits per heavy atom. The lowest BCUT2D eigenvalue weighted by atomic mass is 9.59. The first kappa shape index (κ1) is 20.9. The lowest BCUT2D eigenvalue weighted by molar-refractivity contribution is -0.116. The van der Waals surface area contributed by atoms with Gasteiger partial charge in [-0.15, -0.1) is 0 Å². The van der Waals surface area contributed by atoms with Crippen LogP contribution in [-0.4, -0.2) is 24.4 Å². The summed E-state index contributed by atoms with van der Waals surface area (Å²) >= 11 is 0. The fourth-order valence-electron chi connectivity index (χ4n) is 5.66. The monoisotopic (exact) mass is 448 g/mol. The molecule has 0 heterocycles.